The fourth-order valence-electron chi connectivity index (χ4n) is 3.55. The molecule has 1 fully saturated rings. The molecule has 0 aromatic heterocycles. The summed E-state index contributed by atoms with van der Waals surface area (Å²) in [7, 11) is 2.04. The molecular formula is C22H28N4O3. The molecule has 7 nitrogen and oxygen atoms in total. The van der Waals surface area contributed by atoms with E-state index < -0.39 is 0 Å². The number of carbonyl (C=O) groups is 1. The van der Waals surface area contributed by atoms with Gasteiger partial charge in [0.15, 0.2) is 0 Å². The third kappa shape index (κ3) is 4.92. The lowest BCUT2D eigenvalue weighted by atomic mass is 10.1. The number of carbonyl (C=O) groups excluding carboxylic acids is 1. The van der Waals surface area contributed by atoms with E-state index in [9.17, 15) is 14.9 Å². The van der Waals surface area contributed by atoms with Crippen molar-refractivity contribution in [2.24, 2.45) is 0 Å². The summed E-state index contributed by atoms with van der Waals surface area (Å²) >= 11 is 0. The molecule has 1 aliphatic rings. The van der Waals surface area contributed by atoms with Gasteiger partial charge in [0, 0.05) is 50.0 Å². The summed E-state index contributed by atoms with van der Waals surface area (Å²) in [6.07, 6.45) is 1.82. The zero-order valence-corrected chi connectivity index (χ0v) is 17.1. The zero-order chi connectivity index (χ0) is 20.8. The Labute approximate surface area is 171 Å². The van der Waals surface area contributed by atoms with Gasteiger partial charge in [-0.1, -0.05) is 31.5 Å². The van der Waals surface area contributed by atoms with Crippen molar-refractivity contribution in [2.75, 3.05) is 49.6 Å². The largest absolute Gasteiger partial charge is 0.363 e. The lowest BCUT2D eigenvalue weighted by Gasteiger charge is -2.33. The molecule has 0 atom stereocenters. The van der Waals surface area contributed by atoms with Crippen molar-refractivity contribution in [3.63, 3.8) is 0 Å². The molecule has 2 aromatic carbocycles. The number of rotatable bonds is 7. The molecule has 0 unspecified atom stereocenters. The van der Waals surface area contributed by atoms with Crippen LogP contribution < -0.4 is 9.80 Å². The lowest BCUT2D eigenvalue weighted by Crippen LogP contribution is -2.44. The maximum atomic E-state index is 13.2. The van der Waals surface area contributed by atoms with Gasteiger partial charge in [-0.2, -0.15) is 0 Å². The third-order valence-corrected chi connectivity index (χ3v) is 5.31. The fraction of sp³-hybridized carbons (Fsp3) is 0.409. The maximum absolute atomic E-state index is 13.2. The molecule has 0 bridgehead atoms. The van der Waals surface area contributed by atoms with Crippen molar-refractivity contribution in [1.82, 2.24) is 4.90 Å². The Morgan fingerprint density at radius 1 is 1.10 bits per heavy atom. The number of hydrogen-bond acceptors (Lipinski definition) is 5. The standard InChI is InChI=1S/C22H28N4O3/c1-3-4-12-25(19-8-6-5-7-9-19)22(27)18-10-11-20(21(17-18)26(28)29)24-15-13-23(2)14-16-24/h5-11,17H,3-4,12-16H2,1-2H3. The molecule has 1 amide bonds. The van der Waals surface area contributed by atoms with Crippen molar-refractivity contribution in [1.29, 1.82) is 0 Å². The number of anilines is 2. The summed E-state index contributed by atoms with van der Waals surface area (Å²) < 4.78 is 0. The highest BCUT2D eigenvalue weighted by atomic mass is 16.6. The average Bonchev–Trinajstić information content (AvgIpc) is 2.75. The molecule has 0 aliphatic carbocycles. The first kappa shape index (κ1) is 20.8. The van der Waals surface area contributed by atoms with Gasteiger partial charge in [0.1, 0.15) is 5.69 Å². The highest BCUT2D eigenvalue weighted by molar-refractivity contribution is 6.06. The van der Waals surface area contributed by atoms with E-state index in [-0.39, 0.29) is 16.5 Å². The summed E-state index contributed by atoms with van der Waals surface area (Å²) in [5, 5.41) is 11.8. The smallest absolute Gasteiger partial charge is 0.293 e. The molecular weight excluding hydrogens is 368 g/mol. The van der Waals surface area contributed by atoms with Gasteiger partial charge in [-0.3, -0.25) is 14.9 Å². The number of nitro benzene ring substituents is 1. The van der Waals surface area contributed by atoms with Crippen molar-refractivity contribution < 1.29 is 9.72 Å². The summed E-state index contributed by atoms with van der Waals surface area (Å²) in [4.78, 5) is 30.5. The van der Waals surface area contributed by atoms with E-state index in [4.69, 9.17) is 0 Å². The summed E-state index contributed by atoms with van der Waals surface area (Å²) in [5.41, 5.74) is 1.72. The predicted molar refractivity (Wildman–Crippen MR) is 116 cm³/mol. The minimum Gasteiger partial charge on any atom is -0.363 e. The highest BCUT2D eigenvalue weighted by Crippen LogP contribution is 2.31. The van der Waals surface area contributed by atoms with Crippen LogP contribution in [0.4, 0.5) is 17.1 Å². The van der Waals surface area contributed by atoms with Gasteiger partial charge in [-0.05, 0) is 37.7 Å². The van der Waals surface area contributed by atoms with Gasteiger partial charge in [0.2, 0.25) is 0 Å². The molecule has 1 heterocycles. The second kappa shape index (κ2) is 9.52. The monoisotopic (exact) mass is 396 g/mol. The second-order valence-corrected chi connectivity index (χ2v) is 7.40. The van der Waals surface area contributed by atoms with Gasteiger partial charge in [-0.25, -0.2) is 0 Å². The van der Waals surface area contributed by atoms with Crippen LogP contribution in [0.1, 0.15) is 30.1 Å². The molecule has 2 aromatic rings. The Morgan fingerprint density at radius 2 is 1.79 bits per heavy atom. The van der Waals surface area contributed by atoms with Crippen LogP contribution in [0.2, 0.25) is 0 Å². The lowest BCUT2D eigenvalue weighted by molar-refractivity contribution is -0.384. The van der Waals surface area contributed by atoms with Crippen molar-refractivity contribution >= 4 is 23.0 Å². The Morgan fingerprint density at radius 3 is 2.41 bits per heavy atom. The SMILES string of the molecule is CCCCN(C(=O)c1ccc(N2CCN(C)CC2)c([N+](=O)[O-])c1)c1ccccc1. The van der Waals surface area contributed by atoms with Gasteiger partial charge in [0.25, 0.3) is 11.6 Å². The van der Waals surface area contributed by atoms with Crippen LogP contribution in [0, 0.1) is 10.1 Å². The molecule has 0 spiro atoms. The number of nitrogens with zero attached hydrogens (tertiary/aromatic N) is 4. The minimum atomic E-state index is -0.386. The van der Waals surface area contributed by atoms with E-state index in [0.717, 1.165) is 44.7 Å². The molecule has 1 aliphatic heterocycles. The van der Waals surface area contributed by atoms with Crippen LogP contribution >= 0.6 is 0 Å². The predicted octanol–water partition coefficient (Wildman–Crippen LogP) is 3.79. The number of unbranched alkanes of at least 4 members (excludes halogenated alkanes) is 1. The topological polar surface area (TPSA) is 69.9 Å². The molecule has 0 saturated carbocycles. The fourth-order valence-corrected chi connectivity index (χ4v) is 3.55. The Bertz CT molecular complexity index is 848. The van der Waals surface area contributed by atoms with Crippen LogP contribution in [0.5, 0.6) is 0 Å². The number of benzene rings is 2. The average molecular weight is 396 g/mol. The molecule has 29 heavy (non-hydrogen) atoms. The first-order valence-corrected chi connectivity index (χ1v) is 10.1. The number of likely N-dealkylation sites (N-methyl/N-ethyl adjacent to an activating group) is 1. The van der Waals surface area contributed by atoms with Crippen LogP contribution in [0.15, 0.2) is 48.5 Å². The highest BCUT2D eigenvalue weighted by Gasteiger charge is 2.26. The molecule has 0 radical (unpaired) electrons. The number of piperazine rings is 1. The first-order valence-electron chi connectivity index (χ1n) is 10.1. The number of para-hydroxylation sites is 1. The molecule has 3 rings (SSSR count). The maximum Gasteiger partial charge on any atom is 0.293 e. The Hall–Kier alpha value is -2.93. The van der Waals surface area contributed by atoms with Crippen LogP contribution in [0.3, 0.4) is 0 Å². The van der Waals surface area contributed by atoms with Crippen molar-refractivity contribution in [2.45, 2.75) is 19.8 Å². The van der Waals surface area contributed by atoms with E-state index in [0.29, 0.717) is 17.8 Å². The number of hydrogen-bond donors (Lipinski definition) is 0. The number of nitro groups is 1. The van der Waals surface area contributed by atoms with Gasteiger partial charge in [0.05, 0.1) is 4.92 Å². The summed E-state index contributed by atoms with van der Waals surface area (Å²) in [5.74, 6) is -0.210. The van der Waals surface area contributed by atoms with E-state index in [1.165, 1.54) is 6.07 Å². The Balaban J connectivity index is 1.91. The van der Waals surface area contributed by atoms with Crippen LogP contribution in [-0.4, -0.2) is 55.5 Å². The molecule has 7 heteroatoms. The van der Waals surface area contributed by atoms with Crippen molar-refractivity contribution in [3.8, 4) is 0 Å². The van der Waals surface area contributed by atoms with Gasteiger partial charge >= 0.3 is 0 Å². The zero-order valence-electron chi connectivity index (χ0n) is 17.1. The van der Waals surface area contributed by atoms with E-state index >= 15 is 0 Å². The Kier molecular flexibility index (Phi) is 6.82. The second-order valence-electron chi connectivity index (χ2n) is 7.40. The minimum absolute atomic E-state index is 0.0103. The quantitative estimate of drug-likeness (QED) is 0.526. The van der Waals surface area contributed by atoms with Crippen molar-refractivity contribution in [3.05, 3.63) is 64.2 Å². The summed E-state index contributed by atoms with van der Waals surface area (Å²) in [6, 6.07) is 14.3. The number of amides is 1. The van der Waals surface area contributed by atoms with Gasteiger partial charge < -0.3 is 14.7 Å². The van der Waals surface area contributed by atoms with E-state index in [1.807, 2.05) is 42.3 Å². The molecule has 154 valence electrons. The third-order valence-electron chi connectivity index (χ3n) is 5.31. The summed E-state index contributed by atoms with van der Waals surface area (Å²) in [6.45, 7) is 5.83. The van der Waals surface area contributed by atoms with Crippen LogP contribution in [-0.2, 0) is 0 Å². The molecule has 1 saturated heterocycles. The normalized spacial score (nSPS) is 14.6. The van der Waals surface area contributed by atoms with E-state index in [1.54, 1.807) is 17.0 Å². The van der Waals surface area contributed by atoms with Crippen LogP contribution in [0.25, 0.3) is 0 Å². The molecule has 0 N–H and O–H groups in total. The van der Waals surface area contributed by atoms with E-state index in [2.05, 4.69) is 11.8 Å². The first-order chi connectivity index (χ1) is 14.0. The van der Waals surface area contributed by atoms with Gasteiger partial charge in [-0.15, -0.1) is 0 Å².